The Bertz CT molecular complexity index is 1030. The predicted octanol–water partition coefficient (Wildman–Crippen LogP) is 6.41. The number of halogens is 1. The highest BCUT2D eigenvalue weighted by atomic mass is 19.1. The lowest BCUT2D eigenvalue weighted by atomic mass is 9.74. The molecular formula is C30H41FN4O. The average molecular weight is 493 g/mol. The van der Waals surface area contributed by atoms with Crippen LogP contribution in [0.5, 0.6) is 0 Å². The molecule has 2 aromatic rings. The van der Waals surface area contributed by atoms with Crippen LogP contribution >= 0.6 is 0 Å². The molecule has 1 amide bonds. The molecule has 1 N–H and O–H groups in total. The maximum absolute atomic E-state index is 13.8. The third-order valence-electron chi connectivity index (χ3n) is 8.83. The molecule has 1 atom stereocenters. The van der Waals surface area contributed by atoms with Crippen molar-refractivity contribution in [2.24, 2.45) is 11.8 Å². The van der Waals surface area contributed by atoms with Crippen LogP contribution in [0.25, 0.3) is 0 Å². The van der Waals surface area contributed by atoms with Gasteiger partial charge >= 0.3 is 0 Å². The van der Waals surface area contributed by atoms with Gasteiger partial charge in [0.25, 0.3) is 5.91 Å². The van der Waals surface area contributed by atoms with Gasteiger partial charge < -0.3 is 10.2 Å². The smallest absolute Gasteiger partial charge is 0.254 e. The molecule has 1 aliphatic heterocycles. The third kappa shape index (κ3) is 5.42. The summed E-state index contributed by atoms with van der Waals surface area (Å²) in [5, 5.41) is 3.20. The summed E-state index contributed by atoms with van der Waals surface area (Å²) in [5.41, 5.74) is 2.07. The first-order valence-electron chi connectivity index (χ1n) is 14.2. The van der Waals surface area contributed by atoms with Crippen LogP contribution in [0.1, 0.15) is 106 Å². The fourth-order valence-corrected chi connectivity index (χ4v) is 6.80. The van der Waals surface area contributed by atoms with E-state index in [0.717, 1.165) is 74.7 Å². The number of aromatic nitrogens is 2. The lowest BCUT2D eigenvalue weighted by molar-refractivity contribution is 0.0947. The second-order valence-electron chi connectivity index (χ2n) is 11.5. The third-order valence-corrected chi connectivity index (χ3v) is 8.83. The Labute approximate surface area is 215 Å². The molecule has 5 nitrogen and oxygen atoms in total. The second kappa shape index (κ2) is 11.3. The zero-order chi connectivity index (χ0) is 25.0. The Hall–Kier alpha value is -2.50. The number of hydrogen-bond acceptors (Lipinski definition) is 4. The highest BCUT2D eigenvalue weighted by Gasteiger charge is 2.42. The normalized spacial score (nSPS) is 22.5. The lowest BCUT2D eigenvalue weighted by Gasteiger charge is -2.34. The van der Waals surface area contributed by atoms with E-state index < -0.39 is 0 Å². The number of benzene rings is 1. The lowest BCUT2D eigenvalue weighted by Crippen LogP contribution is -2.38. The van der Waals surface area contributed by atoms with E-state index in [-0.39, 0.29) is 17.1 Å². The number of rotatable bonds is 7. The van der Waals surface area contributed by atoms with Gasteiger partial charge in [-0.3, -0.25) is 4.79 Å². The first kappa shape index (κ1) is 25.2. The Balaban J connectivity index is 1.47. The molecule has 1 aromatic heterocycles. The van der Waals surface area contributed by atoms with Gasteiger partial charge in [0.1, 0.15) is 5.82 Å². The molecule has 6 heteroatoms. The van der Waals surface area contributed by atoms with E-state index in [0.29, 0.717) is 18.0 Å². The van der Waals surface area contributed by atoms with Gasteiger partial charge in [-0.05, 0) is 61.6 Å². The van der Waals surface area contributed by atoms with Gasteiger partial charge in [0.05, 0.1) is 11.3 Å². The second-order valence-corrected chi connectivity index (χ2v) is 11.5. The minimum absolute atomic E-state index is 0.0761. The zero-order valence-electron chi connectivity index (χ0n) is 21.8. The van der Waals surface area contributed by atoms with E-state index in [2.05, 4.69) is 17.1 Å². The van der Waals surface area contributed by atoms with E-state index in [1.54, 1.807) is 6.20 Å². The molecule has 5 rings (SSSR count). The van der Waals surface area contributed by atoms with Crippen LogP contribution in [-0.2, 0) is 5.41 Å². The summed E-state index contributed by atoms with van der Waals surface area (Å²) >= 11 is 0. The summed E-state index contributed by atoms with van der Waals surface area (Å²) in [6.07, 6.45) is 15.6. The van der Waals surface area contributed by atoms with Gasteiger partial charge in [0.15, 0.2) is 0 Å². The van der Waals surface area contributed by atoms with Crippen molar-refractivity contribution in [1.29, 1.82) is 0 Å². The minimum atomic E-state index is -0.386. The summed E-state index contributed by atoms with van der Waals surface area (Å²) in [7, 11) is 0. The van der Waals surface area contributed by atoms with Crippen LogP contribution in [0, 0.1) is 17.7 Å². The van der Waals surface area contributed by atoms with Crippen molar-refractivity contribution < 1.29 is 9.18 Å². The van der Waals surface area contributed by atoms with Crippen molar-refractivity contribution >= 4 is 11.9 Å². The molecule has 2 aliphatic carbocycles. The summed E-state index contributed by atoms with van der Waals surface area (Å²) in [5.74, 6) is 1.74. The Morgan fingerprint density at radius 2 is 1.81 bits per heavy atom. The Morgan fingerprint density at radius 1 is 1.06 bits per heavy atom. The molecule has 3 aliphatic rings. The first-order chi connectivity index (χ1) is 17.5. The van der Waals surface area contributed by atoms with E-state index in [1.807, 2.05) is 12.1 Å². The van der Waals surface area contributed by atoms with Gasteiger partial charge in [-0.1, -0.05) is 64.0 Å². The minimum Gasteiger partial charge on any atom is -0.352 e. The van der Waals surface area contributed by atoms with Crippen molar-refractivity contribution in [2.75, 3.05) is 24.5 Å². The number of piperidine rings is 1. The number of carbonyl (C=O) groups excluding carboxylic acids is 1. The standard InChI is InChI=1S/C30H41FN4O/c1-22-8-7-19-35(21-22)29-33-20-26(28(36)32-18-15-23-9-3-2-4-10-23)27(34-29)30(16-5-6-17-30)24-11-13-25(31)14-12-24/h11-14,20,22-23H,2-10,15-19,21H2,1H3,(H,32,36). The zero-order valence-corrected chi connectivity index (χ0v) is 21.8. The fourth-order valence-electron chi connectivity index (χ4n) is 6.80. The van der Waals surface area contributed by atoms with Crippen molar-refractivity contribution in [2.45, 2.75) is 89.4 Å². The maximum atomic E-state index is 13.8. The number of hydrogen-bond donors (Lipinski definition) is 1. The summed E-state index contributed by atoms with van der Waals surface area (Å²) in [6, 6.07) is 6.84. The van der Waals surface area contributed by atoms with Crippen molar-refractivity contribution in [3.05, 3.63) is 53.1 Å². The van der Waals surface area contributed by atoms with Gasteiger partial charge in [0, 0.05) is 31.2 Å². The van der Waals surface area contributed by atoms with Crippen LogP contribution < -0.4 is 10.2 Å². The van der Waals surface area contributed by atoms with E-state index in [9.17, 15) is 9.18 Å². The molecule has 1 unspecified atom stereocenters. The molecular weight excluding hydrogens is 451 g/mol. The van der Waals surface area contributed by atoms with Crippen LogP contribution in [0.2, 0.25) is 0 Å². The summed E-state index contributed by atoms with van der Waals surface area (Å²) < 4.78 is 13.8. The molecule has 0 radical (unpaired) electrons. The number of amides is 1. The SMILES string of the molecule is CC1CCCN(c2ncc(C(=O)NCCC3CCCCC3)c(C3(c4ccc(F)cc4)CCCC3)n2)C1. The molecule has 3 fully saturated rings. The summed E-state index contributed by atoms with van der Waals surface area (Å²) in [6.45, 7) is 4.85. The quantitative estimate of drug-likeness (QED) is 0.485. The molecule has 1 aromatic carbocycles. The van der Waals surface area contributed by atoms with E-state index in [4.69, 9.17) is 9.97 Å². The number of anilines is 1. The van der Waals surface area contributed by atoms with Crippen LogP contribution in [-0.4, -0.2) is 35.5 Å². The Morgan fingerprint density at radius 3 is 2.53 bits per heavy atom. The molecule has 36 heavy (non-hydrogen) atoms. The number of nitrogens with zero attached hydrogens (tertiary/aromatic N) is 3. The monoisotopic (exact) mass is 492 g/mol. The highest BCUT2D eigenvalue weighted by Crippen LogP contribution is 2.47. The van der Waals surface area contributed by atoms with Crippen molar-refractivity contribution in [3.8, 4) is 0 Å². The molecule has 1 saturated heterocycles. The average Bonchev–Trinajstić information content (AvgIpc) is 3.40. The Kier molecular flexibility index (Phi) is 7.87. The molecule has 0 spiro atoms. The largest absolute Gasteiger partial charge is 0.352 e. The van der Waals surface area contributed by atoms with Crippen LogP contribution in [0.15, 0.2) is 30.5 Å². The predicted molar refractivity (Wildman–Crippen MR) is 142 cm³/mol. The van der Waals surface area contributed by atoms with E-state index >= 15 is 0 Å². The number of carbonyl (C=O) groups is 1. The molecule has 2 saturated carbocycles. The van der Waals surface area contributed by atoms with Crippen LogP contribution in [0.3, 0.4) is 0 Å². The molecule has 2 heterocycles. The maximum Gasteiger partial charge on any atom is 0.254 e. The van der Waals surface area contributed by atoms with Crippen molar-refractivity contribution in [1.82, 2.24) is 15.3 Å². The first-order valence-corrected chi connectivity index (χ1v) is 14.2. The van der Waals surface area contributed by atoms with Gasteiger partial charge in [0.2, 0.25) is 5.95 Å². The summed E-state index contributed by atoms with van der Waals surface area (Å²) in [4.78, 5) is 25.7. The number of nitrogens with one attached hydrogen (secondary N) is 1. The topological polar surface area (TPSA) is 58.1 Å². The van der Waals surface area contributed by atoms with Crippen LogP contribution in [0.4, 0.5) is 10.3 Å². The van der Waals surface area contributed by atoms with Gasteiger partial charge in [-0.15, -0.1) is 0 Å². The molecule has 0 bridgehead atoms. The van der Waals surface area contributed by atoms with Gasteiger partial charge in [-0.25, -0.2) is 14.4 Å². The fraction of sp³-hybridized carbons (Fsp3) is 0.633. The molecule has 194 valence electrons. The highest BCUT2D eigenvalue weighted by molar-refractivity contribution is 5.95. The van der Waals surface area contributed by atoms with Gasteiger partial charge in [-0.2, -0.15) is 0 Å². The van der Waals surface area contributed by atoms with Crippen molar-refractivity contribution in [3.63, 3.8) is 0 Å². The van der Waals surface area contributed by atoms with E-state index in [1.165, 1.54) is 50.7 Å².